The van der Waals surface area contributed by atoms with Crippen LogP contribution in [0.3, 0.4) is 0 Å². The monoisotopic (exact) mass is 418 g/mol. The molecule has 3 rings (SSSR count). The summed E-state index contributed by atoms with van der Waals surface area (Å²) in [4.78, 5) is 42.0. The molecule has 7 heteroatoms. The molecule has 2 aromatic carbocycles. The predicted octanol–water partition coefficient (Wildman–Crippen LogP) is 3.35. The Morgan fingerprint density at radius 2 is 1.55 bits per heavy atom. The van der Waals surface area contributed by atoms with Gasteiger partial charge in [0.1, 0.15) is 6.04 Å². The molecule has 31 heavy (non-hydrogen) atoms. The molecule has 0 radical (unpaired) electrons. The fourth-order valence-electron chi connectivity index (χ4n) is 3.10. The molecule has 0 saturated carbocycles. The van der Waals surface area contributed by atoms with Crippen LogP contribution in [-0.2, 0) is 11.8 Å². The average molecular weight is 418 g/mol. The average Bonchev–Trinajstić information content (AvgIpc) is 3.18. The summed E-state index contributed by atoms with van der Waals surface area (Å²) in [6, 6.07) is 13.1. The molecule has 1 atom stereocenters. The number of amides is 2. The number of carbonyl (C=O) groups excluding carboxylic acids is 3. The maximum atomic E-state index is 12.8. The zero-order valence-electron chi connectivity index (χ0n) is 18.0. The van der Waals surface area contributed by atoms with Crippen LogP contribution in [0.15, 0.2) is 60.9 Å². The number of aryl methyl sites for hydroxylation is 2. The van der Waals surface area contributed by atoms with E-state index in [9.17, 15) is 14.4 Å². The number of hydrogen-bond donors (Lipinski definition) is 2. The summed E-state index contributed by atoms with van der Waals surface area (Å²) >= 11 is 0. The highest BCUT2D eigenvalue weighted by atomic mass is 16.2. The maximum absolute atomic E-state index is 12.8. The summed E-state index contributed by atoms with van der Waals surface area (Å²) < 4.78 is 1.65. The number of nitrogens with zero attached hydrogens (tertiary/aromatic N) is 2. The summed E-state index contributed by atoms with van der Waals surface area (Å²) in [5, 5.41) is 5.63. The lowest BCUT2D eigenvalue weighted by molar-refractivity contribution is -0.118. The van der Waals surface area contributed by atoms with E-state index in [0.717, 1.165) is 5.56 Å². The topological polar surface area (TPSA) is 93.1 Å². The smallest absolute Gasteiger partial charge is 0.251 e. The van der Waals surface area contributed by atoms with E-state index in [1.165, 1.54) is 0 Å². The van der Waals surface area contributed by atoms with Crippen LogP contribution in [0, 0.1) is 12.8 Å². The molecular formula is C24H26N4O3. The first-order valence-electron chi connectivity index (χ1n) is 10.1. The summed E-state index contributed by atoms with van der Waals surface area (Å²) in [5.74, 6) is -0.589. The van der Waals surface area contributed by atoms with Gasteiger partial charge in [-0.25, -0.2) is 4.98 Å². The molecule has 0 spiro atoms. The fourth-order valence-corrected chi connectivity index (χ4v) is 3.10. The Kier molecular flexibility index (Phi) is 6.65. The molecule has 1 heterocycles. The third-order valence-electron chi connectivity index (χ3n) is 4.99. The van der Waals surface area contributed by atoms with E-state index in [-0.39, 0.29) is 23.5 Å². The number of nitrogens with one attached hydrogen (secondary N) is 2. The second-order valence-electron chi connectivity index (χ2n) is 7.82. The van der Waals surface area contributed by atoms with Gasteiger partial charge >= 0.3 is 0 Å². The Morgan fingerprint density at radius 3 is 2.10 bits per heavy atom. The molecule has 0 aliphatic heterocycles. The van der Waals surface area contributed by atoms with E-state index in [1.807, 2.05) is 32.9 Å². The van der Waals surface area contributed by atoms with Gasteiger partial charge in [-0.3, -0.25) is 14.4 Å². The quantitative estimate of drug-likeness (QED) is 0.576. The van der Waals surface area contributed by atoms with E-state index < -0.39 is 6.04 Å². The first-order chi connectivity index (χ1) is 14.8. The van der Waals surface area contributed by atoms with Crippen molar-refractivity contribution < 1.29 is 14.4 Å². The first kappa shape index (κ1) is 22.0. The van der Waals surface area contributed by atoms with Crippen LogP contribution >= 0.6 is 0 Å². The Bertz CT molecular complexity index is 1080. The van der Waals surface area contributed by atoms with Crippen molar-refractivity contribution in [2.45, 2.75) is 26.8 Å². The van der Waals surface area contributed by atoms with Gasteiger partial charge in [0.15, 0.2) is 5.82 Å². The lowest BCUT2D eigenvalue weighted by Crippen LogP contribution is -2.47. The molecule has 160 valence electrons. The number of hydrogen-bond acceptors (Lipinski definition) is 4. The van der Waals surface area contributed by atoms with Gasteiger partial charge in [0, 0.05) is 36.3 Å². The van der Waals surface area contributed by atoms with Crippen molar-refractivity contribution in [3.63, 3.8) is 0 Å². The second kappa shape index (κ2) is 9.38. The number of imidazole rings is 1. The van der Waals surface area contributed by atoms with E-state index in [2.05, 4.69) is 15.6 Å². The Balaban J connectivity index is 1.68. The normalized spacial score (nSPS) is 11.8. The van der Waals surface area contributed by atoms with Crippen LogP contribution < -0.4 is 10.6 Å². The number of rotatable bonds is 7. The van der Waals surface area contributed by atoms with Crippen LogP contribution in [0.5, 0.6) is 0 Å². The highest BCUT2D eigenvalue weighted by Crippen LogP contribution is 2.15. The zero-order chi connectivity index (χ0) is 22.5. The molecule has 2 N–H and O–H groups in total. The third-order valence-corrected chi connectivity index (χ3v) is 4.99. The van der Waals surface area contributed by atoms with Crippen molar-refractivity contribution in [2.75, 3.05) is 5.32 Å². The highest BCUT2D eigenvalue weighted by molar-refractivity contribution is 6.07. The molecule has 0 fully saturated rings. The maximum Gasteiger partial charge on any atom is 0.251 e. The number of benzene rings is 2. The summed E-state index contributed by atoms with van der Waals surface area (Å²) in [7, 11) is 1.76. The van der Waals surface area contributed by atoms with Gasteiger partial charge in [-0.2, -0.15) is 0 Å². The second-order valence-corrected chi connectivity index (χ2v) is 7.82. The lowest BCUT2D eigenvalue weighted by atomic mass is 10.0. The Morgan fingerprint density at radius 1 is 0.935 bits per heavy atom. The highest BCUT2D eigenvalue weighted by Gasteiger charge is 2.25. The number of carbonyl (C=O) groups is 3. The molecule has 1 aromatic heterocycles. The number of aromatic nitrogens is 2. The predicted molar refractivity (Wildman–Crippen MR) is 119 cm³/mol. The van der Waals surface area contributed by atoms with Crippen molar-refractivity contribution >= 4 is 23.3 Å². The molecule has 1 unspecified atom stereocenters. The Hall–Kier alpha value is -3.74. The van der Waals surface area contributed by atoms with Crippen LogP contribution in [0.2, 0.25) is 0 Å². The summed E-state index contributed by atoms with van der Waals surface area (Å²) in [6.07, 6.45) is 3.28. The minimum Gasteiger partial charge on any atom is -0.340 e. The van der Waals surface area contributed by atoms with Crippen molar-refractivity contribution in [3.8, 4) is 0 Å². The summed E-state index contributed by atoms with van der Waals surface area (Å²) in [6.45, 7) is 5.68. The van der Waals surface area contributed by atoms with Crippen LogP contribution in [0.1, 0.15) is 46.0 Å². The van der Waals surface area contributed by atoms with Crippen molar-refractivity contribution in [2.24, 2.45) is 13.0 Å². The molecule has 0 aliphatic carbocycles. The standard InChI is InChI=1S/C24H26N4O3/c1-15(2)20(27-23(30)18-7-5-16(3)6-8-18)24(31)26-19-11-9-17(10-12-19)21(29)22-25-13-14-28(22)4/h5-15,20H,1-4H3,(H,26,31)(H,27,30). The van der Waals surface area contributed by atoms with Gasteiger partial charge in [0.2, 0.25) is 11.7 Å². The van der Waals surface area contributed by atoms with Gasteiger partial charge in [0.25, 0.3) is 5.91 Å². The minimum atomic E-state index is -0.706. The summed E-state index contributed by atoms with van der Waals surface area (Å²) in [5.41, 5.74) is 2.57. The third kappa shape index (κ3) is 5.25. The minimum absolute atomic E-state index is 0.112. The molecule has 2 amide bonds. The number of ketones is 1. The van der Waals surface area contributed by atoms with E-state index >= 15 is 0 Å². The van der Waals surface area contributed by atoms with Gasteiger partial charge < -0.3 is 15.2 Å². The van der Waals surface area contributed by atoms with Gasteiger partial charge in [0.05, 0.1) is 0 Å². The molecule has 7 nitrogen and oxygen atoms in total. The molecular weight excluding hydrogens is 392 g/mol. The van der Waals surface area contributed by atoms with Crippen LogP contribution in [-0.4, -0.2) is 33.2 Å². The van der Waals surface area contributed by atoms with Crippen molar-refractivity contribution in [3.05, 3.63) is 83.4 Å². The van der Waals surface area contributed by atoms with Crippen LogP contribution in [0.4, 0.5) is 5.69 Å². The fraction of sp³-hybridized carbons (Fsp3) is 0.250. The Labute approximate surface area is 181 Å². The van der Waals surface area contributed by atoms with Gasteiger partial charge in [-0.05, 0) is 49.2 Å². The van der Waals surface area contributed by atoms with E-state index in [0.29, 0.717) is 22.6 Å². The molecule has 0 bridgehead atoms. The van der Waals surface area contributed by atoms with Gasteiger partial charge in [-0.15, -0.1) is 0 Å². The largest absolute Gasteiger partial charge is 0.340 e. The SMILES string of the molecule is Cc1ccc(C(=O)NC(C(=O)Nc2ccc(C(=O)c3nccn3C)cc2)C(C)C)cc1. The molecule has 0 saturated heterocycles. The molecule has 3 aromatic rings. The lowest BCUT2D eigenvalue weighted by Gasteiger charge is -2.22. The molecule has 0 aliphatic rings. The van der Waals surface area contributed by atoms with Crippen molar-refractivity contribution in [1.82, 2.24) is 14.9 Å². The van der Waals surface area contributed by atoms with E-state index in [4.69, 9.17) is 0 Å². The van der Waals surface area contributed by atoms with Gasteiger partial charge in [-0.1, -0.05) is 31.5 Å². The van der Waals surface area contributed by atoms with E-state index in [1.54, 1.807) is 60.4 Å². The zero-order valence-corrected chi connectivity index (χ0v) is 18.0. The number of anilines is 1. The van der Waals surface area contributed by atoms with Crippen molar-refractivity contribution in [1.29, 1.82) is 0 Å². The first-order valence-corrected chi connectivity index (χ1v) is 10.1. The van der Waals surface area contributed by atoms with Crippen LogP contribution in [0.25, 0.3) is 0 Å².